The van der Waals surface area contributed by atoms with Crippen molar-refractivity contribution in [2.45, 2.75) is 13.3 Å². The standard InChI is InChI=1S/C8H18ClNS/c1-3-11-8-4-6-10(2)7-5-9/h3-8H2,1-2H3. The van der Waals surface area contributed by atoms with E-state index in [9.17, 15) is 0 Å². The van der Waals surface area contributed by atoms with Crippen LogP contribution in [0.25, 0.3) is 0 Å². The predicted octanol–water partition coefficient (Wildman–Crippen LogP) is 2.30. The van der Waals surface area contributed by atoms with Crippen LogP contribution in [-0.4, -0.2) is 42.4 Å². The van der Waals surface area contributed by atoms with Crippen molar-refractivity contribution >= 4 is 23.4 Å². The first-order chi connectivity index (χ1) is 5.31. The molecule has 0 heterocycles. The molecule has 0 aromatic carbocycles. The fourth-order valence-electron chi connectivity index (χ4n) is 0.837. The lowest BCUT2D eigenvalue weighted by Gasteiger charge is -2.13. The number of alkyl halides is 1. The van der Waals surface area contributed by atoms with Crippen molar-refractivity contribution in [3.63, 3.8) is 0 Å². The van der Waals surface area contributed by atoms with Crippen molar-refractivity contribution in [3.8, 4) is 0 Å². The number of halogens is 1. The minimum atomic E-state index is 0.747. The smallest absolute Gasteiger partial charge is 0.0351 e. The molecular formula is C8H18ClNS. The molecule has 0 spiro atoms. The van der Waals surface area contributed by atoms with Gasteiger partial charge < -0.3 is 4.90 Å². The van der Waals surface area contributed by atoms with Gasteiger partial charge in [-0.25, -0.2) is 0 Å². The molecule has 0 aromatic heterocycles. The second kappa shape index (κ2) is 8.69. The summed E-state index contributed by atoms with van der Waals surface area (Å²) in [5, 5.41) is 0. The second-order valence-electron chi connectivity index (χ2n) is 2.54. The van der Waals surface area contributed by atoms with Crippen LogP contribution in [0.5, 0.6) is 0 Å². The van der Waals surface area contributed by atoms with Gasteiger partial charge in [0.25, 0.3) is 0 Å². The lowest BCUT2D eigenvalue weighted by Crippen LogP contribution is -2.22. The first-order valence-electron chi connectivity index (χ1n) is 4.13. The normalized spacial score (nSPS) is 10.9. The minimum absolute atomic E-state index is 0.747. The summed E-state index contributed by atoms with van der Waals surface area (Å²) in [4.78, 5) is 2.28. The van der Waals surface area contributed by atoms with Crippen molar-refractivity contribution < 1.29 is 0 Å². The Kier molecular flexibility index (Phi) is 9.17. The quantitative estimate of drug-likeness (QED) is 0.453. The molecule has 68 valence electrons. The average Bonchev–Trinajstić information content (AvgIpc) is 1.99. The Balaban J connectivity index is 2.97. The zero-order chi connectivity index (χ0) is 8.53. The van der Waals surface area contributed by atoms with E-state index in [1.165, 1.54) is 24.5 Å². The zero-order valence-corrected chi connectivity index (χ0v) is 9.05. The molecular weight excluding hydrogens is 178 g/mol. The predicted molar refractivity (Wildman–Crippen MR) is 55.8 cm³/mol. The fraction of sp³-hybridized carbons (Fsp3) is 1.00. The van der Waals surface area contributed by atoms with E-state index in [0.29, 0.717) is 0 Å². The molecule has 0 saturated heterocycles. The van der Waals surface area contributed by atoms with Crippen LogP contribution in [-0.2, 0) is 0 Å². The van der Waals surface area contributed by atoms with Crippen molar-refractivity contribution in [3.05, 3.63) is 0 Å². The largest absolute Gasteiger partial charge is 0.305 e. The van der Waals surface area contributed by atoms with Crippen LogP contribution >= 0.6 is 23.4 Å². The Hall–Kier alpha value is 0.600. The number of nitrogens with zero attached hydrogens (tertiary/aromatic N) is 1. The lowest BCUT2D eigenvalue weighted by molar-refractivity contribution is 0.356. The molecule has 0 N–H and O–H groups in total. The van der Waals surface area contributed by atoms with E-state index in [0.717, 1.165) is 12.4 Å². The van der Waals surface area contributed by atoms with Gasteiger partial charge in [0.1, 0.15) is 0 Å². The molecule has 0 aliphatic carbocycles. The van der Waals surface area contributed by atoms with Crippen LogP contribution in [0, 0.1) is 0 Å². The summed E-state index contributed by atoms with van der Waals surface area (Å²) < 4.78 is 0. The average molecular weight is 196 g/mol. The molecule has 0 atom stereocenters. The zero-order valence-electron chi connectivity index (χ0n) is 7.48. The van der Waals surface area contributed by atoms with E-state index in [1.54, 1.807) is 0 Å². The Morgan fingerprint density at radius 3 is 2.64 bits per heavy atom. The summed E-state index contributed by atoms with van der Waals surface area (Å²) in [5.74, 6) is 3.26. The van der Waals surface area contributed by atoms with Gasteiger partial charge in [0.05, 0.1) is 0 Å². The Labute approximate surface area is 79.5 Å². The van der Waals surface area contributed by atoms with Crippen LogP contribution in [0.3, 0.4) is 0 Å². The highest BCUT2D eigenvalue weighted by molar-refractivity contribution is 7.99. The molecule has 0 fully saturated rings. The first kappa shape index (κ1) is 11.6. The molecule has 0 aliphatic heterocycles. The van der Waals surface area contributed by atoms with Gasteiger partial charge in [-0.1, -0.05) is 6.92 Å². The van der Waals surface area contributed by atoms with Crippen LogP contribution in [0.15, 0.2) is 0 Å². The maximum atomic E-state index is 5.59. The van der Waals surface area contributed by atoms with Crippen LogP contribution in [0.2, 0.25) is 0 Å². The molecule has 3 heteroatoms. The van der Waals surface area contributed by atoms with E-state index in [-0.39, 0.29) is 0 Å². The van der Waals surface area contributed by atoms with Crippen LogP contribution in [0.4, 0.5) is 0 Å². The van der Waals surface area contributed by atoms with Crippen LogP contribution < -0.4 is 0 Å². The van der Waals surface area contributed by atoms with E-state index in [4.69, 9.17) is 11.6 Å². The number of hydrogen-bond donors (Lipinski definition) is 0. The summed E-state index contributed by atoms with van der Waals surface area (Å²) in [6.45, 7) is 4.39. The molecule has 0 saturated carbocycles. The van der Waals surface area contributed by atoms with Crippen molar-refractivity contribution in [2.24, 2.45) is 0 Å². The van der Waals surface area contributed by atoms with Gasteiger partial charge in [0.15, 0.2) is 0 Å². The summed E-state index contributed by atoms with van der Waals surface area (Å²) in [6, 6.07) is 0. The van der Waals surface area contributed by atoms with Gasteiger partial charge in [0, 0.05) is 12.4 Å². The lowest BCUT2D eigenvalue weighted by atomic mass is 10.4. The topological polar surface area (TPSA) is 3.24 Å². The maximum absolute atomic E-state index is 5.59. The number of thioether (sulfide) groups is 1. The molecule has 0 aliphatic rings. The van der Waals surface area contributed by atoms with Crippen molar-refractivity contribution in [1.82, 2.24) is 4.90 Å². The molecule has 0 aromatic rings. The molecule has 0 radical (unpaired) electrons. The third-order valence-electron chi connectivity index (χ3n) is 1.50. The molecule has 1 nitrogen and oxygen atoms in total. The van der Waals surface area contributed by atoms with E-state index in [1.807, 2.05) is 11.8 Å². The van der Waals surface area contributed by atoms with E-state index >= 15 is 0 Å². The minimum Gasteiger partial charge on any atom is -0.305 e. The molecule has 0 amide bonds. The SMILES string of the molecule is CCSCCCN(C)CCCl. The number of hydrogen-bond acceptors (Lipinski definition) is 2. The van der Waals surface area contributed by atoms with Crippen molar-refractivity contribution in [2.75, 3.05) is 37.5 Å². The summed E-state index contributed by atoms with van der Waals surface area (Å²) >= 11 is 7.60. The summed E-state index contributed by atoms with van der Waals surface area (Å²) in [6.07, 6.45) is 1.28. The fourth-order valence-corrected chi connectivity index (χ4v) is 1.75. The monoisotopic (exact) mass is 195 g/mol. The number of rotatable bonds is 7. The highest BCUT2D eigenvalue weighted by Crippen LogP contribution is 2.01. The van der Waals surface area contributed by atoms with Crippen LogP contribution in [0.1, 0.15) is 13.3 Å². The maximum Gasteiger partial charge on any atom is 0.0351 e. The third kappa shape index (κ3) is 8.51. The Morgan fingerprint density at radius 2 is 2.09 bits per heavy atom. The molecule has 0 bridgehead atoms. The van der Waals surface area contributed by atoms with Gasteiger partial charge in [0.2, 0.25) is 0 Å². The van der Waals surface area contributed by atoms with Gasteiger partial charge in [-0.3, -0.25) is 0 Å². The first-order valence-corrected chi connectivity index (χ1v) is 5.82. The second-order valence-corrected chi connectivity index (χ2v) is 4.31. The van der Waals surface area contributed by atoms with Gasteiger partial charge >= 0.3 is 0 Å². The van der Waals surface area contributed by atoms with Gasteiger partial charge in [-0.15, -0.1) is 11.6 Å². The summed E-state index contributed by atoms with van der Waals surface area (Å²) in [5.41, 5.74) is 0. The molecule has 11 heavy (non-hydrogen) atoms. The Bertz CT molecular complexity index is 80.5. The summed E-state index contributed by atoms with van der Waals surface area (Å²) in [7, 11) is 2.12. The third-order valence-corrected chi connectivity index (χ3v) is 2.65. The molecule has 0 rings (SSSR count). The molecule has 0 unspecified atom stereocenters. The Morgan fingerprint density at radius 1 is 1.36 bits per heavy atom. The van der Waals surface area contributed by atoms with Gasteiger partial charge in [-0.05, 0) is 31.5 Å². The van der Waals surface area contributed by atoms with Gasteiger partial charge in [-0.2, -0.15) is 11.8 Å². The highest BCUT2D eigenvalue weighted by Gasteiger charge is 1.95. The van der Waals surface area contributed by atoms with Crippen molar-refractivity contribution in [1.29, 1.82) is 0 Å². The van der Waals surface area contributed by atoms with E-state index < -0.39 is 0 Å². The van der Waals surface area contributed by atoms with E-state index in [2.05, 4.69) is 18.9 Å². The highest BCUT2D eigenvalue weighted by atomic mass is 35.5.